The second-order valence-corrected chi connectivity index (χ2v) is 7.14. The van der Waals surface area contributed by atoms with Gasteiger partial charge in [-0.3, -0.25) is 0 Å². The normalized spacial score (nSPS) is 17.1. The highest BCUT2D eigenvalue weighted by Gasteiger charge is 2.21. The van der Waals surface area contributed by atoms with Crippen LogP contribution in [0.4, 0.5) is 11.6 Å². The zero-order valence-electron chi connectivity index (χ0n) is 15.9. The van der Waals surface area contributed by atoms with Gasteiger partial charge in [-0.1, -0.05) is 12.1 Å². The third-order valence-corrected chi connectivity index (χ3v) is 5.15. The molecule has 1 aliphatic rings. The van der Waals surface area contributed by atoms with E-state index in [0.717, 1.165) is 29.0 Å². The van der Waals surface area contributed by atoms with E-state index in [0.29, 0.717) is 31.2 Å². The van der Waals surface area contributed by atoms with Gasteiger partial charge < -0.3 is 25.0 Å². The molecular formula is C21H22N6O2. The van der Waals surface area contributed by atoms with Gasteiger partial charge >= 0.3 is 0 Å². The van der Waals surface area contributed by atoms with Crippen molar-refractivity contribution in [1.82, 2.24) is 19.9 Å². The Morgan fingerprint density at radius 1 is 1.21 bits per heavy atom. The van der Waals surface area contributed by atoms with Crippen LogP contribution in [0.1, 0.15) is 5.56 Å². The van der Waals surface area contributed by atoms with Gasteiger partial charge in [-0.25, -0.2) is 15.0 Å². The Bertz CT molecular complexity index is 1140. The predicted molar refractivity (Wildman–Crippen MR) is 112 cm³/mol. The Kier molecular flexibility index (Phi) is 4.71. The summed E-state index contributed by atoms with van der Waals surface area (Å²) in [4.78, 5) is 19.1. The fraction of sp³-hybridized carbons (Fsp3) is 0.286. The number of H-pyrrole nitrogens is 1. The molecule has 3 N–H and O–H groups in total. The molecule has 3 aromatic heterocycles. The highest BCUT2D eigenvalue weighted by Crippen LogP contribution is 2.20. The first-order valence-electron chi connectivity index (χ1n) is 9.69. The average Bonchev–Trinajstić information content (AvgIpc) is 3.25. The first kappa shape index (κ1) is 17.8. The van der Waals surface area contributed by atoms with Crippen LogP contribution < -0.4 is 10.2 Å². The molecule has 29 heavy (non-hydrogen) atoms. The van der Waals surface area contributed by atoms with E-state index in [1.165, 1.54) is 5.39 Å². The quantitative estimate of drug-likeness (QED) is 0.481. The molecule has 148 valence electrons. The molecule has 0 unspecified atom stereocenters. The second-order valence-electron chi connectivity index (χ2n) is 7.14. The van der Waals surface area contributed by atoms with Crippen molar-refractivity contribution in [1.29, 1.82) is 0 Å². The summed E-state index contributed by atoms with van der Waals surface area (Å²) in [6.45, 7) is 2.58. The number of nitrogens with one attached hydrogen (secondary N) is 2. The van der Waals surface area contributed by atoms with Crippen molar-refractivity contribution >= 4 is 33.7 Å². The first-order valence-corrected chi connectivity index (χ1v) is 9.69. The maximum Gasteiger partial charge on any atom is 0.182 e. The van der Waals surface area contributed by atoms with Gasteiger partial charge in [0.05, 0.1) is 25.5 Å². The number of aliphatic hydroxyl groups is 1. The summed E-state index contributed by atoms with van der Waals surface area (Å²) in [5, 5.41) is 13.9. The first-order chi connectivity index (χ1) is 14.3. The van der Waals surface area contributed by atoms with Crippen LogP contribution in [0.2, 0.25) is 0 Å². The van der Waals surface area contributed by atoms with Gasteiger partial charge in [0, 0.05) is 31.3 Å². The summed E-state index contributed by atoms with van der Waals surface area (Å²) in [6.07, 6.45) is 3.49. The minimum Gasteiger partial charge on any atom is -0.394 e. The summed E-state index contributed by atoms with van der Waals surface area (Å²) in [5.41, 5.74) is 3.62. The monoisotopic (exact) mass is 390 g/mol. The van der Waals surface area contributed by atoms with E-state index in [1.807, 2.05) is 18.3 Å². The topological polar surface area (TPSA) is 99.2 Å². The lowest BCUT2D eigenvalue weighted by molar-refractivity contribution is 0.00337. The van der Waals surface area contributed by atoms with Gasteiger partial charge in [0.25, 0.3) is 0 Å². The number of ether oxygens (including phenoxy) is 1. The molecule has 1 atom stereocenters. The Labute approximate surface area is 167 Å². The van der Waals surface area contributed by atoms with Gasteiger partial charge in [-0.2, -0.15) is 0 Å². The molecule has 1 aromatic carbocycles. The fourth-order valence-corrected chi connectivity index (χ4v) is 3.58. The minimum atomic E-state index is -0.183. The van der Waals surface area contributed by atoms with E-state index < -0.39 is 0 Å². The molecule has 5 rings (SSSR count). The lowest BCUT2D eigenvalue weighted by Gasteiger charge is -2.32. The zero-order chi connectivity index (χ0) is 19.6. The number of nitrogens with zero attached hydrogens (tertiary/aromatic N) is 4. The van der Waals surface area contributed by atoms with E-state index in [1.54, 1.807) is 6.20 Å². The summed E-state index contributed by atoms with van der Waals surface area (Å²) in [5.74, 6) is 1.51. The van der Waals surface area contributed by atoms with E-state index in [4.69, 9.17) is 4.74 Å². The van der Waals surface area contributed by atoms with Gasteiger partial charge in [-0.05, 0) is 35.2 Å². The van der Waals surface area contributed by atoms with Gasteiger partial charge in [0.1, 0.15) is 17.2 Å². The van der Waals surface area contributed by atoms with Gasteiger partial charge in [0.2, 0.25) is 0 Å². The van der Waals surface area contributed by atoms with Crippen molar-refractivity contribution < 1.29 is 9.84 Å². The third kappa shape index (κ3) is 3.72. The third-order valence-electron chi connectivity index (χ3n) is 5.15. The van der Waals surface area contributed by atoms with Crippen LogP contribution in [0.15, 0.2) is 48.8 Å². The number of anilines is 2. The number of aromatic nitrogens is 4. The fourth-order valence-electron chi connectivity index (χ4n) is 3.58. The maximum absolute atomic E-state index is 9.36. The molecule has 0 bridgehead atoms. The molecule has 1 fully saturated rings. The van der Waals surface area contributed by atoms with Crippen molar-refractivity contribution in [3.05, 3.63) is 54.4 Å². The van der Waals surface area contributed by atoms with Crippen molar-refractivity contribution in [2.24, 2.45) is 0 Å². The lowest BCUT2D eigenvalue weighted by Crippen LogP contribution is -2.44. The number of rotatable bonds is 5. The second kappa shape index (κ2) is 7.65. The van der Waals surface area contributed by atoms with Crippen LogP contribution >= 0.6 is 0 Å². The smallest absolute Gasteiger partial charge is 0.182 e. The van der Waals surface area contributed by atoms with Crippen LogP contribution in [-0.2, 0) is 11.3 Å². The largest absolute Gasteiger partial charge is 0.394 e. The van der Waals surface area contributed by atoms with E-state index in [-0.39, 0.29) is 12.7 Å². The highest BCUT2D eigenvalue weighted by molar-refractivity contribution is 5.80. The molecule has 8 nitrogen and oxygen atoms in total. The maximum atomic E-state index is 9.36. The summed E-state index contributed by atoms with van der Waals surface area (Å²) in [6, 6.07) is 12.3. The number of benzene rings is 1. The number of hydrogen-bond donors (Lipinski definition) is 3. The number of morpholine rings is 1. The average molecular weight is 390 g/mol. The number of hydrogen-bond acceptors (Lipinski definition) is 7. The van der Waals surface area contributed by atoms with E-state index in [2.05, 4.69) is 54.4 Å². The molecule has 1 saturated heterocycles. The Balaban J connectivity index is 1.34. The Morgan fingerprint density at radius 3 is 3.10 bits per heavy atom. The Morgan fingerprint density at radius 2 is 2.17 bits per heavy atom. The summed E-state index contributed by atoms with van der Waals surface area (Å²) >= 11 is 0. The van der Waals surface area contributed by atoms with E-state index >= 15 is 0 Å². The van der Waals surface area contributed by atoms with Gasteiger partial charge in [-0.15, -0.1) is 0 Å². The zero-order valence-corrected chi connectivity index (χ0v) is 15.9. The van der Waals surface area contributed by atoms with Crippen molar-refractivity contribution in [3.8, 4) is 0 Å². The molecule has 4 aromatic rings. The molecule has 0 amide bonds. The van der Waals surface area contributed by atoms with Crippen LogP contribution in [0.25, 0.3) is 22.1 Å². The number of fused-ring (bicyclic) bond motifs is 2. The lowest BCUT2D eigenvalue weighted by atomic mass is 10.1. The highest BCUT2D eigenvalue weighted by atomic mass is 16.5. The molecule has 0 saturated carbocycles. The van der Waals surface area contributed by atoms with Crippen molar-refractivity contribution in [2.75, 3.05) is 36.5 Å². The minimum absolute atomic E-state index is 0.00618. The van der Waals surface area contributed by atoms with Crippen LogP contribution in [0.5, 0.6) is 0 Å². The van der Waals surface area contributed by atoms with Crippen LogP contribution in [0.3, 0.4) is 0 Å². The Hall–Kier alpha value is -3.23. The molecule has 0 radical (unpaired) electrons. The molecule has 0 spiro atoms. The van der Waals surface area contributed by atoms with Crippen molar-refractivity contribution in [2.45, 2.75) is 12.6 Å². The standard InChI is InChI=1S/C21H22N6O2/c28-13-16-12-27(7-8-29-16)20-4-3-17-21(26-20)25-19(11-23-17)24-10-14-1-2-15-5-6-22-18(15)9-14/h1-6,9,11,16,22,28H,7-8,10,12-13H2,(H,24,25,26)/t16-/m1/s1. The van der Waals surface area contributed by atoms with Crippen LogP contribution in [0, 0.1) is 0 Å². The molecule has 4 heterocycles. The molecular weight excluding hydrogens is 368 g/mol. The predicted octanol–water partition coefficient (Wildman–Crippen LogP) is 2.32. The summed E-state index contributed by atoms with van der Waals surface area (Å²) in [7, 11) is 0. The van der Waals surface area contributed by atoms with Crippen LogP contribution in [-0.4, -0.2) is 57.4 Å². The van der Waals surface area contributed by atoms with Crippen molar-refractivity contribution in [3.63, 3.8) is 0 Å². The number of pyridine rings is 1. The van der Waals surface area contributed by atoms with E-state index in [9.17, 15) is 5.11 Å². The SMILES string of the molecule is OC[C@H]1CN(c2ccc3ncc(NCc4ccc5cc[nH]c5c4)nc3n2)CCO1. The summed E-state index contributed by atoms with van der Waals surface area (Å²) < 4.78 is 5.52. The molecule has 1 aliphatic heterocycles. The number of aromatic amines is 1. The van der Waals surface area contributed by atoms with Gasteiger partial charge in [0.15, 0.2) is 5.65 Å². The molecule has 0 aliphatic carbocycles. The molecule has 8 heteroatoms. The number of aliphatic hydroxyl groups excluding tert-OH is 1.